The van der Waals surface area contributed by atoms with Gasteiger partial charge in [-0.3, -0.25) is 4.90 Å². The molecule has 2 aromatic rings. The van der Waals surface area contributed by atoms with Gasteiger partial charge in [-0.25, -0.2) is 0 Å². The van der Waals surface area contributed by atoms with E-state index >= 15 is 0 Å². The molecule has 0 amide bonds. The van der Waals surface area contributed by atoms with Crippen LogP contribution in [0.5, 0.6) is 0 Å². The maximum atomic E-state index is 6.03. The minimum absolute atomic E-state index is 0.177. The maximum absolute atomic E-state index is 6.03. The van der Waals surface area contributed by atoms with Gasteiger partial charge < -0.3 is 10.2 Å². The lowest BCUT2D eigenvalue weighted by atomic mass is 10.1. The lowest BCUT2D eigenvalue weighted by Gasteiger charge is -2.29. The van der Waals surface area contributed by atoms with Gasteiger partial charge >= 0.3 is 0 Å². The lowest BCUT2D eigenvalue weighted by Crippen LogP contribution is -2.34. The molecule has 1 saturated carbocycles. The summed E-state index contributed by atoms with van der Waals surface area (Å²) in [6, 6.07) is 15.5. The number of furan rings is 1. The number of rotatable bonds is 6. The van der Waals surface area contributed by atoms with Gasteiger partial charge in [-0.1, -0.05) is 30.3 Å². The van der Waals surface area contributed by atoms with Gasteiger partial charge in [-0.05, 0) is 37.5 Å². The van der Waals surface area contributed by atoms with Crippen molar-refractivity contribution in [2.75, 3.05) is 6.54 Å². The number of nitrogens with zero attached hydrogens (tertiary/aromatic N) is 1. The molecular weight excluding hydrogens is 248 g/mol. The SMILES string of the molecule is Cc1ccc(C(CN)N(Cc2ccccc2)C2CC2)o1. The molecule has 1 unspecified atom stereocenters. The molecule has 3 nitrogen and oxygen atoms in total. The molecule has 3 rings (SSSR count). The minimum Gasteiger partial charge on any atom is -0.465 e. The van der Waals surface area contributed by atoms with E-state index in [1.807, 2.05) is 13.0 Å². The summed E-state index contributed by atoms with van der Waals surface area (Å²) in [6.45, 7) is 3.51. The summed E-state index contributed by atoms with van der Waals surface area (Å²) >= 11 is 0. The van der Waals surface area contributed by atoms with Crippen molar-refractivity contribution in [3.63, 3.8) is 0 Å². The fourth-order valence-electron chi connectivity index (χ4n) is 2.74. The van der Waals surface area contributed by atoms with Crippen LogP contribution in [0.3, 0.4) is 0 Å². The summed E-state index contributed by atoms with van der Waals surface area (Å²) in [7, 11) is 0. The topological polar surface area (TPSA) is 42.4 Å². The lowest BCUT2D eigenvalue weighted by molar-refractivity contribution is 0.160. The zero-order valence-corrected chi connectivity index (χ0v) is 12.0. The fraction of sp³-hybridized carbons (Fsp3) is 0.412. The largest absolute Gasteiger partial charge is 0.465 e. The van der Waals surface area contributed by atoms with Crippen LogP contribution in [0.1, 0.15) is 36.0 Å². The fourth-order valence-corrected chi connectivity index (χ4v) is 2.74. The Morgan fingerprint density at radius 2 is 1.95 bits per heavy atom. The molecule has 0 spiro atoms. The number of nitrogens with two attached hydrogens (primary N) is 1. The van der Waals surface area contributed by atoms with Gasteiger partial charge in [-0.2, -0.15) is 0 Å². The average molecular weight is 270 g/mol. The van der Waals surface area contributed by atoms with E-state index in [0.29, 0.717) is 12.6 Å². The Labute approximate surface area is 120 Å². The monoisotopic (exact) mass is 270 g/mol. The van der Waals surface area contributed by atoms with Gasteiger partial charge in [0.05, 0.1) is 6.04 Å². The van der Waals surface area contributed by atoms with Crippen LogP contribution in [0.4, 0.5) is 0 Å². The second-order valence-electron chi connectivity index (χ2n) is 5.59. The van der Waals surface area contributed by atoms with E-state index in [0.717, 1.165) is 18.1 Å². The Balaban J connectivity index is 1.81. The summed E-state index contributed by atoms with van der Waals surface area (Å²) in [5.74, 6) is 1.95. The van der Waals surface area contributed by atoms with Crippen LogP contribution in [-0.4, -0.2) is 17.5 Å². The Morgan fingerprint density at radius 3 is 2.50 bits per heavy atom. The predicted molar refractivity (Wildman–Crippen MR) is 80.2 cm³/mol. The molecule has 1 fully saturated rings. The van der Waals surface area contributed by atoms with Crippen LogP contribution in [0, 0.1) is 6.92 Å². The molecule has 1 aliphatic rings. The van der Waals surface area contributed by atoms with Crippen molar-refractivity contribution in [2.24, 2.45) is 5.73 Å². The van der Waals surface area contributed by atoms with Gasteiger partial charge in [0.1, 0.15) is 11.5 Å². The molecular formula is C17H22N2O. The number of hydrogen-bond acceptors (Lipinski definition) is 3. The molecule has 0 bridgehead atoms. The molecule has 1 atom stereocenters. The predicted octanol–water partition coefficient (Wildman–Crippen LogP) is 3.25. The van der Waals surface area contributed by atoms with Crippen molar-refractivity contribution < 1.29 is 4.42 Å². The molecule has 3 heteroatoms. The van der Waals surface area contributed by atoms with Crippen molar-refractivity contribution in [1.29, 1.82) is 0 Å². The number of hydrogen-bond donors (Lipinski definition) is 1. The summed E-state index contributed by atoms with van der Waals surface area (Å²) in [5.41, 5.74) is 7.37. The maximum Gasteiger partial charge on any atom is 0.122 e. The average Bonchev–Trinajstić information content (AvgIpc) is 3.23. The third-order valence-electron chi connectivity index (χ3n) is 3.94. The van der Waals surface area contributed by atoms with Crippen molar-refractivity contribution in [3.05, 3.63) is 59.5 Å². The minimum atomic E-state index is 0.177. The molecule has 1 aromatic carbocycles. The van der Waals surface area contributed by atoms with E-state index in [-0.39, 0.29) is 6.04 Å². The van der Waals surface area contributed by atoms with Crippen molar-refractivity contribution in [1.82, 2.24) is 4.90 Å². The molecule has 20 heavy (non-hydrogen) atoms. The first kappa shape index (κ1) is 13.4. The Hall–Kier alpha value is -1.58. The van der Waals surface area contributed by atoms with Gasteiger partial charge in [0.2, 0.25) is 0 Å². The second kappa shape index (κ2) is 5.81. The van der Waals surface area contributed by atoms with Crippen molar-refractivity contribution >= 4 is 0 Å². The van der Waals surface area contributed by atoms with Gasteiger partial charge in [-0.15, -0.1) is 0 Å². The smallest absolute Gasteiger partial charge is 0.122 e. The molecule has 1 heterocycles. The van der Waals surface area contributed by atoms with E-state index in [1.54, 1.807) is 0 Å². The quantitative estimate of drug-likeness (QED) is 0.876. The molecule has 2 N–H and O–H groups in total. The zero-order chi connectivity index (χ0) is 13.9. The Morgan fingerprint density at radius 1 is 1.20 bits per heavy atom. The van der Waals surface area contributed by atoms with Gasteiger partial charge in [0.25, 0.3) is 0 Å². The first-order valence-corrected chi connectivity index (χ1v) is 7.34. The van der Waals surface area contributed by atoms with E-state index in [4.69, 9.17) is 10.2 Å². The van der Waals surface area contributed by atoms with Gasteiger partial charge in [0, 0.05) is 19.1 Å². The van der Waals surface area contributed by atoms with Crippen molar-refractivity contribution in [2.45, 2.75) is 38.4 Å². The first-order chi connectivity index (χ1) is 9.78. The zero-order valence-electron chi connectivity index (χ0n) is 12.0. The summed E-state index contributed by atoms with van der Waals surface area (Å²) in [5, 5.41) is 0. The highest BCUT2D eigenvalue weighted by molar-refractivity contribution is 5.17. The van der Waals surface area contributed by atoms with Crippen LogP contribution in [0.15, 0.2) is 46.9 Å². The van der Waals surface area contributed by atoms with Crippen LogP contribution >= 0.6 is 0 Å². The third-order valence-corrected chi connectivity index (χ3v) is 3.94. The molecule has 1 aromatic heterocycles. The van der Waals surface area contributed by atoms with E-state index < -0.39 is 0 Å². The summed E-state index contributed by atoms with van der Waals surface area (Å²) in [6.07, 6.45) is 2.53. The molecule has 0 saturated heterocycles. The normalized spacial score (nSPS) is 16.6. The Kier molecular flexibility index (Phi) is 3.90. The first-order valence-electron chi connectivity index (χ1n) is 7.34. The van der Waals surface area contributed by atoms with Crippen LogP contribution in [-0.2, 0) is 6.54 Å². The van der Waals surface area contributed by atoms with Crippen LogP contribution in [0.25, 0.3) is 0 Å². The summed E-state index contributed by atoms with van der Waals surface area (Å²) in [4.78, 5) is 2.49. The van der Waals surface area contributed by atoms with E-state index in [2.05, 4.69) is 41.3 Å². The standard InChI is InChI=1S/C17H22N2O/c1-13-7-10-17(20-13)16(11-18)19(15-8-9-15)12-14-5-3-2-4-6-14/h2-7,10,15-16H,8-9,11-12,18H2,1H3. The van der Waals surface area contributed by atoms with Gasteiger partial charge in [0.15, 0.2) is 0 Å². The summed E-state index contributed by atoms with van der Waals surface area (Å²) < 4.78 is 5.81. The highest BCUT2D eigenvalue weighted by Gasteiger charge is 2.35. The van der Waals surface area contributed by atoms with E-state index in [1.165, 1.54) is 18.4 Å². The van der Waals surface area contributed by atoms with E-state index in [9.17, 15) is 0 Å². The second-order valence-corrected chi connectivity index (χ2v) is 5.59. The Bertz CT molecular complexity index is 545. The highest BCUT2D eigenvalue weighted by atomic mass is 16.3. The number of aryl methyl sites for hydroxylation is 1. The number of benzene rings is 1. The highest BCUT2D eigenvalue weighted by Crippen LogP contribution is 2.35. The van der Waals surface area contributed by atoms with Crippen LogP contribution in [0.2, 0.25) is 0 Å². The third kappa shape index (κ3) is 2.94. The molecule has 0 aliphatic heterocycles. The molecule has 1 aliphatic carbocycles. The molecule has 0 radical (unpaired) electrons. The van der Waals surface area contributed by atoms with Crippen molar-refractivity contribution in [3.8, 4) is 0 Å². The van der Waals surface area contributed by atoms with Crippen LogP contribution < -0.4 is 5.73 Å². The molecule has 106 valence electrons.